The highest BCUT2D eigenvalue weighted by atomic mass is 28.2. The third kappa shape index (κ3) is 3.82. The summed E-state index contributed by atoms with van der Waals surface area (Å²) in [4.78, 5) is 0. The van der Waals surface area contributed by atoms with Gasteiger partial charge in [-0.05, 0) is 101 Å². The van der Waals surface area contributed by atoms with Crippen LogP contribution in [0.25, 0.3) is 0 Å². The number of benzene rings is 2. The third-order valence-corrected chi connectivity index (χ3v) is 9.46. The van der Waals surface area contributed by atoms with Gasteiger partial charge in [0.25, 0.3) is 0 Å². The number of hydrogen-bond acceptors (Lipinski definition) is 0. The van der Waals surface area contributed by atoms with E-state index in [9.17, 15) is 0 Å². The molecule has 0 radical (unpaired) electrons. The average Bonchev–Trinajstić information content (AvgIpc) is 2.80. The van der Waals surface area contributed by atoms with Gasteiger partial charge in [0.15, 0.2) is 0 Å². The van der Waals surface area contributed by atoms with Gasteiger partial charge < -0.3 is 0 Å². The first-order valence-corrected chi connectivity index (χ1v) is 12.1. The summed E-state index contributed by atoms with van der Waals surface area (Å²) in [6.07, 6.45) is 0. The van der Waals surface area contributed by atoms with Crippen LogP contribution in [0.2, 0.25) is 0 Å². The molecule has 1 aliphatic rings. The van der Waals surface area contributed by atoms with Gasteiger partial charge in [-0.3, -0.25) is 0 Å². The molecule has 0 N–H and O–H groups in total. The molecule has 0 bridgehead atoms. The van der Waals surface area contributed by atoms with Crippen molar-refractivity contribution in [1.29, 1.82) is 0 Å². The largest absolute Gasteiger partial charge is 0.0657 e. The monoisotopic (exact) mass is 388 g/mol. The molecule has 0 spiro atoms. The predicted octanol–water partition coefficient (Wildman–Crippen LogP) is 6.07. The van der Waals surface area contributed by atoms with Gasteiger partial charge in [-0.2, -0.15) is 0 Å². The Hall–Kier alpha value is -1.86. The second-order valence-electron chi connectivity index (χ2n) is 9.18. The van der Waals surface area contributed by atoms with E-state index in [1.165, 1.54) is 39.0 Å². The number of rotatable bonds is 4. The second-order valence-corrected chi connectivity index (χ2v) is 11.3. The molecule has 0 fully saturated rings. The molecule has 1 aliphatic carbocycles. The van der Waals surface area contributed by atoms with Gasteiger partial charge in [0, 0.05) is 5.92 Å². The molecule has 2 aromatic carbocycles. The predicted molar refractivity (Wildman–Crippen MR) is 128 cm³/mol. The zero-order chi connectivity index (χ0) is 20.7. The first kappa shape index (κ1) is 20.9. The van der Waals surface area contributed by atoms with Crippen LogP contribution in [0.15, 0.2) is 52.6 Å². The minimum absolute atomic E-state index is 0.493. The van der Waals surface area contributed by atoms with Gasteiger partial charge >= 0.3 is 0 Å². The molecule has 0 aromatic heterocycles. The zero-order valence-electron chi connectivity index (χ0n) is 19.2. The smallest absolute Gasteiger partial charge is 0.0636 e. The molecule has 0 nitrogen and oxygen atoms in total. The summed E-state index contributed by atoms with van der Waals surface area (Å²) >= 11 is 0. The van der Waals surface area contributed by atoms with Crippen molar-refractivity contribution in [2.75, 3.05) is 0 Å². The number of hydrogen-bond donors (Lipinski definition) is 0. The standard InChI is InChI=1S/C27H36Si/c1-15-10-16(2)12-24(11-15)27(26-22(8)20(6)21(7)23(26)9)28-25-13-17(3)19(5)18(4)14-25/h10-14,26-27H,28H2,1-9H3. The topological polar surface area (TPSA) is 0 Å². The maximum Gasteiger partial charge on any atom is 0.0636 e. The highest BCUT2D eigenvalue weighted by molar-refractivity contribution is 6.55. The summed E-state index contributed by atoms with van der Waals surface area (Å²) in [5.74, 6) is 0.565. The molecule has 0 amide bonds. The van der Waals surface area contributed by atoms with Crippen molar-refractivity contribution < 1.29 is 0 Å². The van der Waals surface area contributed by atoms with Crippen molar-refractivity contribution >= 4 is 14.7 Å². The molecule has 0 saturated carbocycles. The lowest BCUT2D eigenvalue weighted by atomic mass is 9.88. The summed E-state index contributed by atoms with van der Waals surface area (Å²) in [5, 5.41) is 1.60. The van der Waals surface area contributed by atoms with Crippen molar-refractivity contribution in [3.63, 3.8) is 0 Å². The lowest BCUT2D eigenvalue weighted by Gasteiger charge is -2.28. The van der Waals surface area contributed by atoms with Gasteiger partial charge in [0.1, 0.15) is 0 Å². The molecule has 28 heavy (non-hydrogen) atoms. The van der Waals surface area contributed by atoms with Crippen LogP contribution >= 0.6 is 0 Å². The van der Waals surface area contributed by atoms with Crippen molar-refractivity contribution in [2.24, 2.45) is 5.92 Å². The van der Waals surface area contributed by atoms with E-state index in [0.717, 1.165) is 0 Å². The van der Waals surface area contributed by atoms with E-state index >= 15 is 0 Å². The van der Waals surface area contributed by atoms with E-state index in [-0.39, 0.29) is 0 Å². The van der Waals surface area contributed by atoms with E-state index in [4.69, 9.17) is 0 Å². The van der Waals surface area contributed by atoms with Crippen LogP contribution in [-0.4, -0.2) is 9.52 Å². The van der Waals surface area contributed by atoms with E-state index in [0.29, 0.717) is 11.5 Å². The van der Waals surface area contributed by atoms with Crippen molar-refractivity contribution in [3.8, 4) is 0 Å². The minimum atomic E-state index is -0.493. The van der Waals surface area contributed by atoms with Gasteiger partial charge in [-0.15, -0.1) is 0 Å². The Balaban J connectivity index is 2.13. The molecule has 148 valence electrons. The summed E-state index contributed by atoms with van der Waals surface area (Å²) < 4.78 is 0. The maximum absolute atomic E-state index is 2.47. The fraction of sp³-hybridized carbons (Fsp3) is 0.407. The molecule has 0 saturated heterocycles. The fourth-order valence-electron chi connectivity index (χ4n) is 5.14. The van der Waals surface area contributed by atoms with Crippen LogP contribution in [0, 0.1) is 40.5 Å². The third-order valence-electron chi connectivity index (χ3n) is 7.20. The lowest BCUT2D eigenvalue weighted by molar-refractivity contribution is 0.686. The van der Waals surface area contributed by atoms with Crippen LogP contribution in [0.3, 0.4) is 0 Å². The molecule has 1 unspecified atom stereocenters. The van der Waals surface area contributed by atoms with E-state index in [1.807, 2.05) is 0 Å². The first-order valence-electron chi connectivity index (χ1n) is 10.6. The zero-order valence-corrected chi connectivity index (χ0v) is 20.7. The van der Waals surface area contributed by atoms with E-state index in [2.05, 4.69) is 92.6 Å². The molecule has 0 aliphatic heterocycles. The van der Waals surface area contributed by atoms with Crippen LogP contribution in [0.4, 0.5) is 0 Å². The van der Waals surface area contributed by atoms with Crippen molar-refractivity contribution in [1.82, 2.24) is 0 Å². The lowest BCUT2D eigenvalue weighted by Crippen LogP contribution is -2.29. The molecular formula is C27H36Si. The van der Waals surface area contributed by atoms with Crippen molar-refractivity contribution in [3.05, 3.63) is 86.0 Å². The van der Waals surface area contributed by atoms with Crippen LogP contribution in [0.1, 0.15) is 66.6 Å². The maximum atomic E-state index is 2.47. The Morgan fingerprint density at radius 1 is 0.643 bits per heavy atom. The highest BCUT2D eigenvalue weighted by Crippen LogP contribution is 2.44. The summed E-state index contributed by atoms with van der Waals surface area (Å²) in [6, 6.07) is 12.1. The molecule has 1 heteroatoms. The van der Waals surface area contributed by atoms with Crippen LogP contribution in [0.5, 0.6) is 0 Å². The SMILES string of the molecule is CC1=C(C)C(C([SiH2]c2cc(C)c(C)c(C)c2)c2cc(C)cc(C)c2)C(C)=C1C. The Morgan fingerprint density at radius 3 is 1.57 bits per heavy atom. The van der Waals surface area contributed by atoms with Gasteiger partial charge in [-0.1, -0.05) is 57.8 Å². The normalized spacial score (nSPS) is 16.8. The van der Waals surface area contributed by atoms with Crippen LogP contribution in [-0.2, 0) is 0 Å². The van der Waals surface area contributed by atoms with E-state index < -0.39 is 9.52 Å². The molecule has 1 atom stereocenters. The average molecular weight is 389 g/mol. The van der Waals surface area contributed by atoms with Gasteiger partial charge in [-0.25, -0.2) is 0 Å². The molecule has 3 rings (SSSR count). The minimum Gasteiger partial charge on any atom is -0.0657 e. The van der Waals surface area contributed by atoms with E-state index in [1.54, 1.807) is 21.9 Å². The number of aryl methyl sites for hydroxylation is 4. The molecule has 0 heterocycles. The quantitative estimate of drug-likeness (QED) is 0.558. The Bertz CT molecular complexity index is 920. The fourth-order valence-corrected chi connectivity index (χ4v) is 7.91. The first-order chi connectivity index (χ1) is 13.1. The summed E-state index contributed by atoms with van der Waals surface area (Å²) in [7, 11) is -0.493. The number of allylic oxidation sites excluding steroid dienone is 4. The Morgan fingerprint density at radius 2 is 1.11 bits per heavy atom. The molecule has 2 aromatic rings. The second kappa shape index (κ2) is 7.87. The highest BCUT2D eigenvalue weighted by Gasteiger charge is 2.33. The van der Waals surface area contributed by atoms with Gasteiger partial charge in [0.05, 0.1) is 9.52 Å². The van der Waals surface area contributed by atoms with Gasteiger partial charge in [0.2, 0.25) is 0 Å². The Labute approximate surface area is 174 Å². The summed E-state index contributed by atoms with van der Waals surface area (Å²) in [6.45, 7) is 20.6. The molecular weight excluding hydrogens is 352 g/mol. The van der Waals surface area contributed by atoms with Crippen LogP contribution < -0.4 is 5.19 Å². The Kier molecular flexibility index (Phi) is 5.86. The van der Waals surface area contributed by atoms with Crippen molar-refractivity contribution in [2.45, 2.75) is 67.9 Å². The summed E-state index contributed by atoms with van der Waals surface area (Å²) in [5.41, 5.74) is 15.5.